The van der Waals surface area contributed by atoms with Crippen molar-refractivity contribution in [1.82, 2.24) is 0 Å². The number of allylic oxidation sites excluding steroid dienone is 2. The van der Waals surface area contributed by atoms with Crippen LogP contribution in [0, 0.1) is 5.41 Å². The van der Waals surface area contributed by atoms with Crippen molar-refractivity contribution in [3.05, 3.63) is 24.5 Å². The molecule has 1 N–H and O–H groups in total. The molecule has 0 aromatic rings. The van der Waals surface area contributed by atoms with Crippen molar-refractivity contribution in [2.24, 2.45) is 5.41 Å². The Morgan fingerprint density at radius 1 is 1.40 bits per heavy atom. The van der Waals surface area contributed by atoms with Crippen molar-refractivity contribution in [2.45, 2.75) is 27.2 Å². The highest BCUT2D eigenvalue weighted by Gasteiger charge is 2.20. The smallest absolute Gasteiger partial charge is 0.0910 e. The van der Waals surface area contributed by atoms with E-state index in [2.05, 4.69) is 13.2 Å². The second-order valence-electron chi connectivity index (χ2n) is 3.46. The normalized spacial score (nSPS) is 11.1. The van der Waals surface area contributed by atoms with Crippen LogP contribution in [0.15, 0.2) is 24.5 Å². The summed E-state index contributed by atoms with van der Waals surface area (Å²) in [4.78, 5) is 0. The molecule has 0 unspecified atom stereocenters. The van der Waals surface area contributed by atoms with Crippen molar-refractivity contribution in [1.29, 1.82) is 0 Å². The van der Waals surface area contributed by atoms with Gasteiger partial charge in [0.2, 0.25) is 0 Å². The van der Waals surface area contributed by atoms with Crippen LogP contribution >= 0.6 is 0 Å². The summed E-state index contributed by atoms with van der Waals surface area (Å²) in [5.41, 5.74) is 0.853. The van der Waals surface area contributed by atoms with E-state index in [1.807, 2.05) is 20.8 Å². The van der Waals surface area contributed by atoms with E-state index in [1.165, 1.54) is 0 Å². The van der Waals surface area contributed by atoms with Gasteiger partial charge < -0.3 is 5.11 Å². The highest BCUT2D eigenvalue weighted by atomic mass is 16.3. The summed E-state index contributed by atoms with van der Waals surface area (Å²) in [6, 6.07) is 0. The Balaban J connectivity index is 4.13. The average molecular weight is 140 g/mol. The van der Waals surface area contributed by atoms with E-state index in [1.54, 1.807) is 0 Å². The van der Waals surface area contributed by atoms with Crippen molar-refractivity contribution < 1.29 is 5.11 Å². The van der Waals surface area contributed by atoms with E-state index in [-0.39, 0.29) is 11.2 Å². The second-order valence-corrected chi connectivity index (χ2v) is 3.46. The SMILES string of the molecule is C=C(C)CC(C)(C)C(=C)O. The van der Waals surface area contributed by atoms with Crippen molar-refractivity contribution in [3.8, 4) is 0 Å². The number of aliphatic hydroxyl groups is 1. The minimum Gasteiger partial charge on any atom is -0.512 e. The highest BCUT2D eigenvalue weighted by molar-refractivity contribution is 5.04. The predicted molar refractivity (Wildman–Crippen MR) is 45.0 cm³/mol. The third-order valence-corrected chi connectivity index (χ3v) is 1.52. The number of hydrogen-bond donors (Lipinski definition) is 1. The van der Waals surface area contributed by atoms with Crippen molar-refractivity contribution >= 4 is 0 Å². The first-order valence-electron chi connectivity index (χ1n) is 3.39. The van der Waals surface area contributed by atoms with E-state index in [9.17, 15) is 0 Å². The quantitative estimate of drug-likeness (QED) is 0.472. The van der Waals surface area contributed by atoms with Crippen LogP contribution in [-0.2, 0) is 0 Å². The van der Waals surface area contributed by atoms with Gasteiger partial charge in [-0.3, -0.25) is 0 Å². The molecule has 0 heterocycles. The molecule has 0 spiro atoms. The molecule has 10 heavy (non-hydrogen) atoms. The Hall–Kier alpha value is -0.720. The zero-order valence-electron chi connectivity index (χ0n) is 7.07. The maximum atomic E-state index is 9.09. The first-order valence-corrected chi connectivity index (χ1v) is 3.39. The molecule has 0 amide bonds. The molecule has 0 aliphatic heterocycles. The fraction of sp³-hybridized carbons (Fsp3) is 0.556. The van der Waals surface area contributed by atoms with E-state index in [0.717, 1.165) is 12.0 Å². The van der Waals surface area contributed by atoms with Gasteiger partial charge in [0, 0.05) is 5.41 Å². The topological polar surface area (TPSA) is 20.2 Å². The van der Waals surface area contributed by atoms with Gasteiger partial charge in [0.05, 0.1) is 5.76 Å². The third-order valence-electron chi connectivity index (χ3n) is 1.52. The molecule has 0 rings (SSSR count). The Morgan fingerprint density at radius 2 is 1.80 bits per heavy atom. The lowest BCUT2D eigenvalue weighted by molar-refractivity contribution is 0.259. The lowest BCUT2D eigenvalue weighted by Crippen LogP contribution is -2.13. The molecular formula is C9H16O. The summed E-state index contributed by atoms with van der Waals surface area (Å²) >= 11 is 0. The highest BCUT2D eigenvalue weighted by Crippen LogP contribution is 2.29. The average Bonchev–Trinajstić information content (AvgIpc) is 1.60. The van der Waals surface area contributed by atoms with Gasteiger partial charge in [0.1, 0.15) is 0 Å². The first-order chi connectivity index (χ1) is 4.36. The van der Waals surface area contributed by atoms with Gasteiger partial charge in [-0.1, -0.05) is 26.0 Å². The van der Waals surface area contributed by atoms with Crippen LogP contribution in [0.1, 0.15) is 27.2 Å². The van der Waals surface area contributed by atoms with Crippen molar-refractivity contribution in [2.75, 3.05) is 0 Å². The lowest BCUT2D eigenvalue weighted by atomic mass is 9.85. The van der Waals surface area contributed by atoms with Gasteiger partial charge in [-0.25, -0.2) is 0 Å². The monoisotopic (exact) mass is 140 g/mol. The fourth-order valence-corrected chi connectivity index (χ4v) is 0.856. The molecule has 58 valence electrons. The Labute approximate surface area is 63.1 Å². The summed E-state index contributed by atoms with van der Waals surface area (Å²) < 4.78 is 0. The second kappa shape index (κ2) is 2.91. The van der Waals surface area contributed by atoms with E-state index >= 15 is 0 Å². The molecule has 0 saturated carbocycles. The molecule has 1 nitrogen and oxygen atoms in total. The Kier molecular flexibility index (Phi) is 2.70. The fourth-order valence-electron chi connectivity index (χ4n) is 0.856. The lowest BCUT2D eigenvalue weighted by Gasteiger charge is -2.22. The summed E-state index contributed by atoms with van der Waals surface area (Å²) in [5, 5.41) is 9.09. The molecule has 0 aliphatic carbocycles. The summed E-state index contributed by atoms with van der Waals surface area (Å²) in [6.45, 7) is 13.1. The molecule has 0 aliphatic rings. The van der Waals surface area contributed by atoms with Crippen LogP contribution in [0.4, 0.5) is 0 Å². The predicted octanol–water partition coefficient (Wildman–Crippen LogP) is 3.05. The van der Waals surface area contributed by atoms with Crippen LogP contribution in [-0.4, -0.2) is 5.11 Å². The number of aliphatic hydroxyl groups excluding tert-OH is 1. The van der Waals surface area contributed by atoms with Crippen LogP contribution in [0.25, 0.3) is 0 Å². The van der Waals surface area contributed by atoms with Gasteiger partial charge in [-0.15, -0.1) is 6.58 Å². The zero-order chi connectivity index (χ0) is 8.36. The molecule has 0 atom stereocenters. The van der Waals surface area contributed by atoms with Crippen LogP contribution in [0.3, 0.4) is 0 Å². The zero-order valence-corrected chi connectivity index (χ0v) is 7.07. The van der Waals surface area contributed by atoms with Gasteiger partial charge in [0.25, 0.3) is 0 Å². The minimum absolute atomic E-state index is 0.216. The summed E-state index contributed by atoms with van der Waals surface area (Å²) in [5.74, 6) is 0.232. The summed E-state index contributed by atoms with van der Waals surface area (Å²) in [6.07, 6.45) is 0.794. The van der Waals surface area contributed by atoms with Gasteiger partial charge in [0.15, 0.2) is 0 Å². The molecule has 0 radical (unpaired) electrons. The number of hydrogen-bond acceptors (Lipinski definition) is 1. The Bertz CT molecular complexity index is 154. The first kappa shape index (κ1) is 9.28. The molecule has 0 bridgehead atoms. The molecule has 0 aromatic heterocycles. The maximum Gasteiger partial charge on any atom is 0.0910 e. The van der Waals surface area contributed by atoms with E-state index in [0.29, 0.717) is 0 Å². The minimum atomic E-state index is -0.216. The molecule has 1 heteroatoms. The number of rotatable bonds is 3. The standard InChI is InChI=1S/C9H16O/c1-7(2)6-9(4,5)8(3)10/h10H,1,3,6H2,2,4-5H3. The molecular weight excluding hydrogens is 124 g/mol. The van der Waals surface area contributed by atoms with Crippen LogP contribution < -0.4 is 0 Å². The maximum absolute atomic E-state index is 9.09. The molecule has 0 saturated heterocycles. The molecule has 0 aromatic carbocycles. The van der Waals surface area contributed by atoms with E-state index < -0.39 is 0 Å². The van der Waals surface area contributed by atoms with Crippen LogP contribution in [0.5, 0.6) is 0 Å². The van der Waals surface area contributed by atoms with Gasteiger partial charge in [-0.2, -0.15) is 0 Å². The Morgan fingerprint density at radius 3 is 1.90 bits per heavy atom. The van der Waals surface area contributed by atoms with Crippen LogP contribution in [0.2, 0.25) is 0 Å². The largest absolute Gasteiger partial charge is 0.512 e. The summed E-state index contributed by atoms with van der Waals surface area (Å²) in [7, 11) is 0. The molecule has 0 fully saturated rings. The third kappa shape index (κ3) is 2.72. The van der Waals surface area contributed by atoms with Crippen molar-refractivity contribution in [3.63, 3.8) is 0 Å². The van der Waals surface area contributed by atoms with Gasteiger partial charge in [-0.05, 0) is 13.3 Å². The van der Waals surface area contributed by atoms with E-state index in [4.69, 9.17) is 5.11 Å². The van der Waals surface area contributed by atoms with Gasteiger partial charge >= 0.3 is 0 Å².